The molecule has 0 N–H and O–H groups in total. The first-order valence-electron chi connectivity index (χ1n) is 17.3. The SMILES string of the molecule is CCC[CH2][Sn](/[CH]=C(\C)[C@@](C)(C[C@@H](CC(=O)N(C)OC)O[Si](C)(C)C(C)(C)C)O[Si](C)(C)C(C)(C)C)([CH2]CCC)[CH2]CCC. The predicted octanol–water partition coefficient (Wildman–Crippen LogP) is 11.3. The second-order valence-corrected chi connectivity index (χ2v) is 38.9. The van der Waals surface area contributed by atoms with E-state index in [1.54, 1.807) is 14.2 Å². The molecular formula is C35H75NO4Si2Sn. The molecule has 0 heterocycles. The van der Waals surface area contributed by atoms with Crippen LogP contribution in [0.15, 0.2) is 9.67 Å². The Kier molecular flexibility index (Phi) is 18.2. The van der Waals surface area contributed by atoms with Crippen LogP contribution in [0.4, 0.5) is 0 Å². The average Bonchev–Trinajstić information content (AvgIpc) is 2.86. The molecule has 0 aliphatic heterocycles. The molecule has 1 amide bonds. The molecule has 43 heavy (non-hydrogen) atoms. The summed E-state index contributed by atoms with van der Waals surface area (Å²) in [5.41, 5.74) is 0.891. The maximum absolute atomic E-state index is 13.3. The molecule has 8 heteroatoms. The normalized spacial score (nSPS) is 16.3. The van der Waals surface area contributed by atoms with E-state index < -0.39 is 40.6 Å². The standard InChI is InChI=1S/C23H48NO4Si2.3C4H9.Sn/c1-18(2)23(9,28-30(14,15)22(6,7)8)17-19(16-20(25)24(10)26-11)27-29(12,13)21(3,4)5;3*1-3-4-2;/h1,19H,16-17H2,2-15H3;3*1,3-4H2,2H3;/t19-,23-;;;;/m1..../s1. The summed E-state index contributed by atoms with van der Waals surface area (Å²) in [7, 11) is -1.09. The number of hydroxylamine groups is 2. The zero-order valence-electron chi connectivity index (χ0n) is 32.0. The predicted molar refractivity (Wildman–Crippen MR) is 196 cm³/mol. The van der Waals surface area contributed by atoms with Crippen LogP contribution in [0, 0.1) is 0 Å². The number of carbonyl (C=O) groups excluding carboxylic acids is 1. The van der Waals surface area contributed by atoms with Crippen molar-refractivity contribution in [2.24, 2.45) is 0 Å². The summed E-state index contributed by atoms with van der Waals surface area (Å²) in [6.07, 6.45) is 8.50. The van der Waals surface area contributed by atoms with Crippen molar-refractivity contribution in [1.82, 2.24) is 5.06 Å². The summed E-state index contributed by atoms with van der Waals surface area (Å²) in [4.78, 5) is 18.6. The number of nitrogens with zero attached hydrogens (tertiary/aromatic N) is 1. The Morgan fingerprint density at radius 3 is 1.58 bits per heavy atom. The van der Waals surface area contributed by atoms with E-state index in [0.717, 1.165) is 0 Å². The third-order valence-corrected chi connectivity index (χ3v) is 34.3. The molecule has 0 unspecified atom stereocenters. The van der Waals surface area contributed by atoms with Crippen molar-refractivity contribution < 1.29 is 18.5 Å². The van der Waals surface area contributed by atoms with Crippen molar-refractivity contribution >= 4 is 40.9 Å². The fourth-order valence-electron chi connectivity index (χ4n) is 5.40. The van der Waals surface area contributed by atoms with Gasteiger partial charge in [0.1, 0.15) is 0 Å². The van der Waals surface area contributed by atoms with Gasteiger partial charge < -0.3 is 0 Å². The number of carbonyl (C=O) groups is 1. The third-order valence-electron chi connectivity index (χ3n) is 10.6. The molecule has 2 atom stereocenters. The minimum absolute atomic E-state index is 0.0368. The van der Waals surface area contributed by atoms with Crippen LogP contribution in [-0.4, -0.2) is 71.8 Å². The first-order valence-corrected chi connectivity index (χ1v) is 30.9. The zero-order chi connectivity index (χ0) is 33.9. The van der Waals surface area contributed by atoms with Crippen LogP contribution in [0.5, 0.6) is 0 Å². The number of amides is 1. The van der Waals surface area contributed by atoms with Crippen LogP contribution < -0.4 is 0 Å². The molecule has 0 aromatic rings. The molecule has 0 aliphatic rings. The number of hydrogen-bond acceptors (Lipinski definition) is 4. The van der Waals surface area contributed by atoms with Gasteiger partial charge in [-0.05, 0) is 0 Å². The molecule has 0 bridgehead atoms. The van der Waals surface area contributed by atoms with Gasteiger partial charge in [-0.1, -0.05) is 0 Å². The molecule has 0 rings (SSSR count). The number of unbranched alkanes of at least 4 members (excludes halogenated alkanes) is 3. The molecule has 0 aromatic carbocycles. The molecule has 0 aromatic heterocycles. The fourth-order valence-corrected chi connectivity index (χ4v) is 24.4. The number of rotatable bonds is 20. The molecule has 0 fully saturated rings. The second kappa shape index (κ2) is 18.0. The average molecular weight is 749 g/mol. The molecule has 0 saturated heterocycles. The van der Waals surface area contributed by atoms with Crippen LogP contribution in [0.25, 0.3) is 0 Å². The summed E-state index contributed by atoms with van der Waals surface area (Å²) in [5, 5.41) is 1.46. The van der Waals surface area contributed by atoms with Crippen molar-refractivity contribution in [3.8, 4) is 0 Å². The van der Waals surface area contributed by atoms with Crippen LogP contribution >= 0.6 is 0 Å². The van der Waals surface area contributed by atoms with Gasteiger partial charge in [0, 0.05) is 0 Å². The monoisotopic (exact) mass is 749 g/mol. The zero-order valence-corrected chi connectivity index (χ0v) is 36.9. The van der Waals surface area contributed by atoms with Crippen molar-refractivity contribution in [1.29, 1.82) is 0 Å². The van der Waals surface area contributed by atoms with Crippen molar-refractivity contribution in [3.05, 3.63) is 9.67 Å². The first-order chi connectivity index (χ1) is 19.5. The van der Waals surface area contributed by atoms with Crippen LogP contribution in [0.2, 0.25) is 49.6 Å². The Morgan fingerprint density at radius 2 is 1.23 bits per heavy atom. The Morgan fingerprint density at radius 1 is 0.814 bits per heavy atom. The van der Waals surface area contributed by atoms with Crippen LogP contribution in [0.1, 0.15) is 128 Å². The van der Waals surface area contributed by atoms with E-state index >= 15 is 0 Å². The van der Waals surface area contributed by atoms with E-state index in [1.165, 1.54) is 62.5 Å². The number of hydrogen-bond donors (Lipinski definition) is 0. The van der Waals surface area contributed by atoms with Crippen LogP contribution in [-0.2, 0) is 18.5 Å². The molecule has 256 valence electrons. The topological polar surface area (TPSA) is 48.0 Å². The van der Waals surface area contributed by atoms with Gasteiger partial charge in [-0.25, -0.2) is 0 Å². The minimum atomic E-state index is -2.64. The molecule has 0 spiro atoms. The first kappa shape index (κ1) is 43.3. The van der Waals surface area contributed by atoms with Crippen molar-refractivity contribution in [3.63, 3.8) is 0 Å². The summed E-state index contributed by atoms with van der Waals surface area (Å²) in [5.74, 6) is -0.0510. The summed E-state index contributed by atoms with van der Waals surface area (Å²) in [6.45, 7) is 34.8. The molecular weight excluding hydrogens is 673 g/mol. The van der Waals surface area contributed by atoms with Gasteiger partial charge >= 0.3 is 277 Å². The van der Waals surface area contributed by atoms with Crippen LogP contribution in [0.3, 0.4) is 0 Å². The molecule has 0 aliphatic carbocycles. The summed E-state index contributed by atoms with van der Waals surface area (Å²) in [6, 6.07) is 0. The van der Waals surface area contributed by atoms with E-state index in [1.807, 2.05) is 0 Å². The van der Waals surface area contributed by atoms with Crippen molar-refractivity contribution in [2.45, 2.75) is 189 Å². The van der Waals surface area contributed by atoms with Gasteiger partial charge in [0.25, 0.3) is 0 Å². The Balaban J connectivity index is 7.20. The van der Waals surface area contributed by atoms with Crippen molar-refractivity contribution in [2.75, 3.05) is 14.2 Å². The Bertz CT molecular complexity index is 841. The third kappa shape index (κ3) is 13.9. The summed E-state index contributed by atoms with van der Waals surface area (Å²) >= 11 is -2.64. The fraction of sp³-hybridized carbons (Fsp3) is 0.914. The van der Waals surface area contributed by atoms with Gasteiger partial charge in [0.05, 0.1) is 0 Å². The van der Waals surface area contributed by atoms with Gasteiger partial charge in [0.2, 0.25) is 0 Å². The van der Waals surface area contributed by atoms with E-state index in [0.29, 0.717) is 6.42 Å². The van der Waals surface area contributed by atoms with Gasteiger partial charge in [0.15, 0.2) is 0 Å². The second-order valence-electron chi connectivity index (χ2n) is 16.6. The van der Waals surface area contributed by atoms with E-state index in [9.17, 15) is 4.79 Å². The van der Waals surface area contributed by atoms with Gasteiger partial charge in [-0.2, -0.15) is 0 Å². The molecule has 5 nitrogen and oxygen atoms in total. The quantitative estimate of drug-likeness (QED) is 0.0919. The van der Waals surface area contributed by atoms with E-state index in [4.69, 9.17) is 13.7 Å². The van der Waals surface area contributed by atoms with Gasteiger partial charge in [-0.15, -0.1) is 0 Å². The Labute approximate surface area is 275 Å². The maximum atomic E-state index is 13.3. The molecule has 0 saturated carbocycles. The van der Waals surface area contributed by atoms with Gasteiger partial charge in [-0.3, -0.25) is 0 Å². The summed E-state index contributed by atoms with van der Waals surface area (Å²) < 4.78 is 21.7. The van der Waals surface area contributed by atoms with E-state index in [2.05, 4.69) is 106 Å². The van der Waals surface area contributed by atoms with E-state index in [-0.39, 0.29) is 28.5 Å². The Hall–Kier alpha value is 0.322. The molecule has 0 radical (unpaired) electrons.